The molecule has 0 unspecified atom stereocenters. The second-order valence-electron chi connectivity index (χ2n) is 5.00. The van der Waals surface area contributed by atoms with Gasteiger partial charge >= 0.3 is 0 Å². The van der Waals surface area contributed by atoms with Gasteiger partial charge in [0.05, 0.1) is 4.92 Å². The molecule has 1 aliphatic carbocycles. The highest BCUT2D eigenvalue weighted by Crippen LogP contribution is 2.43. The third-order valence-corrected chi connectivity index (χ3v) is 3.96. The Kier molecular flexibility index (Phi) is 3.52. The van der Waals surface area contributed by atoms with E-state index in [-0.39, 0.29) is 16.9 Å². The van der Waals surface area contributed by atoms with Crippen molar-refractivity contribution in [2.24, 2.45) is 5.73 Å². The largest absolute Gasteiger partial charge is 0.508 e. The van der Waals surface area contributed by atoms with Crippen LogP contribution in [-0.4, -0.2) is 16.6 Å². The number of nitrogens with zero attached hydrogens (tertiary/aromatic N) is 1. The van der Waals surface area contributed by atoms with E-state index in [4.69, 9.17) is 5.73 Å². The number of rotatable bonds is 3. The summed E-state index contributed by atoms with van der Waals surface area (Å²) in [7, 11) is 0. The van der Waals surface area contributed by atoms with Crippen LogP contribution < -0.4 is 5.73 Å². The summed E-state index contributed by atoms with van der Waals surface area (Å²) >= 11 is 0. The van der Waals surface area contributed by atoms with E-state index in [2.05, 4.69) is 0 Å². The molecule has 0 aliphatic heterocycles. The van der Waals surface area contributed by atoms with Crippen molar-refractivity contribution in [3.8, 4) is 5.75 Å². The summed E-state index contributed by atoms with van der Waals surface area (Å²) in [4.78, 5) is 10.4. The molecule has 0 aromatic heterocycles. The van der Waals surface area contributed by atoms with Crippen molar-refractivity contribution in [1.82, 2.24) is 0 Å². The minimum atomic E-state index is -0.435. The van der Waals surface area contributed by atoms with Gasteiger partial charge in [0.15, 0.2) is 0 Å². The molecule has 3 N–H and O–H groups in total. The van der Waals surface area contributed by atoms with Gasteiger partial charge in [-0.15, -0.1) is 0 Å². The van der Waals surface area contributed by atoms with E-state index in [9.17, 15) is 15.2 Å². The number of nitro groups is 1. The first kappa shape index (κ1) is 12.8. The molecule has 0 atom stereocenters. The van der Waals surface area contributed by atoms with Gasteiger partial charge in [0.25, 0.3) is 5.69 Å². The molecule has 2 rings (SSSR count). The molecule has 0 radical (unpaired) electrons. The molecule has 0 heterocycles. The molecule has 1 aromatic carbocycles. The van der Waals surface area contributed by atoms with Crippen LogP contribution in [0.2, 0.25) is 0 Å². The maximum atomic E-state index is 10.8. The smallest absolute Gasteiger partial charge is 0.269 e. The predicted molar refractivity (Wildman–Crippen MR) is 68.6 cm³/mol. The average molecular weight is 250 g/mol. The lowest BCUT2D eigenvalue weighted by Crippen LogP contribution is -2.37. The SMILES string of the molecule is NCC1(c2cc([N+](=O)[O-])ccc2O)CCCCC1. The van der Waals surface area contributed by atoms with Gasteiger partial charge in [0.1, 0.15) is 5.75 Å². The lowest BCUT2D eigenvalue weighted by molar-refractivity contribution is -0.385. The summed E-state index contributed by atoms with van der Waals surface area (Å²) in [6, 6.07) is 4.21. The van der Waals surface area contributed by atoms with Crippen LogP contribution in [0.25, 0.3) is 0 Å². The summed E-state index contributed by atoms with van der Waals surface area (Å²) in [5.74, 6) is 0.118. The van der Waals surface area contributed by atoms with Crippen molar-refractivity contribution in [3.05, 3.63) is 33.9 Å². The minimum Gasteiger partial charge on any atom is -0.508 e. The van der Waals surface area contributed by atoms with Crippen LogP contribution in [0.15, 0.2) is 18.2 Å². The Bertz CT molecular complexity index is 454. The minimum absolute atomic E-state index is 0.0150. The molecule has 0 amide bonds. The lowest BCUT2D eigenvalue weighted by atomic mass is 9.69. The summed E-state index contributed by atoms with van der Waals surface area (Å²) in [6.45, 7) is 0.418. The second kappa shape index (κ2) is 4.94. The number of benzene rings is 1. The van der Waals surface area contributed by atoms with Crippen LogP contribution in [0.5, 0.6) is 5.75 Å². The summed E-state index contributed by atoms with van der Waals surface area (Å²) in [6.07, 6.45) is 5.05. The monoisotopic (exact) mass is 250 g/mol. The van der Waals surface area contributed by atoms with E-state index in [1.54, 1.807) is 0 Å². The van der Waals surface area contributed by atoms with E-state index in [0.29, 0.717) is 12.1 Å². The van der Waals surface area contributed by atoms with Crippen LogP contribution in [-0.2, 0) is 5.41 Å². The number of hydrogen-bond donors (Lipinski definition) is 2. The number of non-ortho nitro benzene ring substituents is 1. The number of phenolic OH excluding ortho intramolecular Hbond substituents is 1. The normalized spacial score (nSPS) is 18.5. The maximum absolute atomic E-state index is 10.8. The van der Waals surface area contributed by atoms with Gasteiger partial charge in [-0.25, -0.2) is 0 Å². The quantitative estimate of drug-likeness (QED) is 0.637. The van der Waals surface area contributed by atoms with E-state index < -0.39 is 4.92 Å². The van der Waals surface area contributed by atoms with E-state index >= 15 is 0 Å². The molecule has 18 heavy (non-hydrogen) atoms. The number of nitrogens with two attached hydrogens (primary N) is 1. The van der Waals surface area contributed by atoms with Crippen LogP contribution in [0.4, 0.5) is 5.69 Å². The van der Waals surface area contributed by atoms with Gasteiger partial charge in [-0.3, -0.25) is 10.1 Å². The van der Waals surface area contributed by atoms with Crippen LogP contribution in [0.3, 0.4) is 0 Å². The molecule has 98 valence electrons. The summed E-state index contributed by atoms with van der Waals surface area (Å²) in [5, 5.41) is 20.8. The number of nitro benzene ring substituents is 1. The van der Waals surface area contributed by atoms with Crippen molar-refractivity contribution < 1.29 is 10.0 Å². The molecular formula is C13H18N2O3. The van der Waals surface area contributed by atoms with Gasteiger partial charge in [-0.05, 0) is 18.9 Å². The Hall–Kier alpha value is -1.62. The molecule has 1 fully saturated rings. The van der Waals surface area contributed by atoms with Gasteiger partial charge in [0.2, 0.25) is 0 Å². The molecule has 1 aromatic rings. The summed E-state index contributed by atoms with van der Waals surface area (Å²) < 4.78 is 0. The highest BCUT2D eigenvalue weighted by molar-refractivity contribution is 5.47. The number of phenols is 1. The van der Waals surface area contributed by atoms with Crippen LogP contribution in [0.1, 0.15) is 37.7 Å². The zero-order valence-corrected chi connectivity index (χ0v) is 10.3. The topological polar surface area (TPSA) is 89.4 Å². The second-order valence-corrected chi connectivity index (χ2v) is 5.00. The first-order valence-corrected chi connectivity index (χ1v) is 6.27. The zero-order valence-electron chi connectivity index (χ0n) is 10.3. The molecular weight excluding hydrogens is 232 g/mol. The van der Waals surface area contributed by atoms with E-state index in [1.807, 2.05) is 0 Å². The van der Waals surface area contributed by atoms with Crippen LogP contribution >= 0.6 is 0 Å². The van der Waals surface area contributed by atoms with E-state index in [1.165, 1.54) is 18.2 Å². The van der Waals surface area contributed by atoms with Crippen molar-refractivity contribution >= 4 is 5.69 Å². The molecule has 1 saturated carbocycles. The van der Waals surface area contributed by atoms with E-state index in [0.717, 1.165) is 32.1 Å². The summed E-state index contributed by atoms with van der Waals surface area (Å²) in [5.41, 5.74) is 6.24. The fourth-order valence-electron chi connectivity index (χ4n) is 2.87. The fourth-order valence-corrected chi connectivity index (χ4v) is 2.87. The Morgan fingerprint density at radius 1 is 1.33 bits per heavy atom. The zero-order chi connectivity index (χ0) is 13.2. The van der Waals surface area contributed by atoms with Crippen molar-refractivity contribution in [3.63, 3.8) is 0 Å². The van der Waals surface area contributed by atoms with Gasteiger partial charge < -0.3 is 10.8 Å². The van der Waals surface area contributed by atoms with Gasteiger partial charge in [0, 0.05) is 29.7 Å². The molecule has 5 nitrogen and oxygen atoms in total. The van der Waals surface area contributed by atoms with Gasteiger partial charge in [-0.2, -0.15) is 0 Å². The highest BCUT2D eigenvalue weighted by Gasteiger charge is 2.35. The average Bonchev–Trinajstić information content (AvgIpc) is 2.39. The molecule has 0 spiro atoms. The van der Waals surface area contributed by atoms with Crippen molar-refractivity contribution in [2.75, 3.05) is 6.54 Å². The third kappa shape index (κ3) is 2.18. The molecule has 0 saturated heterocycles. The third-order valence-electron chi connectivity index (χ3n) is 3.96. The first-order chi connectivity index (χ1) is 8.59. The van der Waals surface area contributed by atoms with Crippen molar-refractivity contribution in [2.45, 2.75) is 37.5 Å². The standard InChI is InChI=1S/C13H18N2O3/c14-9-13(6-2-1-3-7-13)11-8-10(15(17)18)4-5-12(11)16/h4-5,8,16H,1-3,6-7,9,14H2. The Balaban J connectivity index is 2.46. The maximum Gasteiger partial charge on any atom is 0.269 e. The Morgan fingerprint density at radius 2 is 2.00 bits per heavy atom. The first-order valence-electron chi connectivity index (χ1n) is 6.27. The molecule has 0 bridgehead atoms. The molecule has 1 aliphatic rings. The number of aromatic hydroxyl groups is 1. The Morgan fingerprint density at radius 3 is 2.56 bits per heavy atom. The van der Waals surface area contributed by atoms with Crippen LogP contribution in [0, 0.1) is 10.1 Å². The number of hydrogen-bond acceptors (Lipinski definition) is 4. The lowest BCUT2D eigenvalue weighted by Gasteiger charge is -2.37. The van der Waals surface area contributed by atoms with Gasteiger partial charge in [-0.1, -0.05) is 19.3 Å². The Labute approximate surface area is 106 Å². The fraction of sp³-hybridized carbons (Fsp3) is 0.538. The highest BCUT2D eigenvalue weighted by atomic mass is 16.6. The van der Waals surface area contributed by atoms with Crippen molar-refractivity contribution in [1.29, 1.82) is 0 Å². The predicted octanol–water partition coefficient (Wildman–Crippen LogP) is 2.46. The molecule has 5 heteroatoms.